The molecule has 1 aliphatic rings. The van der Waals surface area contributed by atoms with Crippen molar-refractivity contribution in [2.45, 2.75) is 51.7 Å². The predicted molar refractivity (Wildman–Crippen MR) is 68.4 cm³/mol. The molecule has 1 fully saturated rings. The van der Waals surface area contributed by atoms with Crippen molar-refractivity contribution in [1.29, 1.82) is 0 Å². The predicted octanol–water partition coefficient (Wildman–Crippen LogP) is 1.98. The summed E-state index contributed by atoms with van der Waals surface area (Å²) in [5.41, 5.74) is 0.107. The highest BCUT2D eigenvalue weighted by Crippen LogP contribution is 2.23. The van der Waals surface area contributed by atoms with E-state index in [4.69, 9.17) is 0 Å². The molecule has 1 atom stereocenters. The number of hydrogen-bond acceptors (Lipinski definition) is 3. The molecular weight excluding hydrogens is 222 g/mol. The topological polar surface area (TPSA) is 46.2 Å². The van der Waals surface area contributed by atoms with Crippen molar-refractivity contribution >= 4 is 9.84 Å². The summed E-state index contributed by atoms with van der Waals surface area (Å²) in [6.45, 7) is 8.09. The molecule has 16 heavy (non-hydrogen) atoms. The van der Waals surface area contributed by atoms with Crippen molar-refractivity contribution < 1.29 is 8.42 Å². The lowest BCUT2D eigenvalue weighted by atomic mass is 9.94. The Kier molecular flexibility index (Phi) is 4.80. The standard InChI is InChI=1S/C12H25NO2S/c1-12(2,3)7-10-16(14,15)11-5-4-8-13-9-6-11/h11,13H,4-10H2,1-3H3. The largest absolute Gasteiger partial charge is 0.317 e. The van der Waals surface area contributed by atoms with Gasteiger partial charge in [0.25, 0.3) is 0 Å². The molecule has 0 aromatic rings. The van der Waals surface area contributed by atoms with Gasteiger partial charge in [0, 0.05) is 0 Å². The second-order valence-electron chi connectivity index (χ2n) is 5.98. The van der Waals surface area contributed by atoms with Crippen LogP contribution < -0.4 is 5.32 Å². The van der Waals surface area contributed by atoms with Crippen molar-refractivity contribution in [1.82, 2.24) is 5.32 Å². The molecule has 3 nitrogen and oxygen atoms in total. The van der Waals surface area contributed by atoms with Crippen molar-refractivity contribution in [3.63, 3.8) is 0 Å². The maximum absolute atomic E-state index is 12.2. The molecule has 1 unspecified atom stereocenters. The van der Waals surface area contributed by atoms with Crippen LogP contribution in [0.1, 0.15) is 46.5 Å². The number of hydrogen-bond donors (Lipinski definition) is 1. The van der Waals surface area contributed by atoms with Gasteiger partial charge in [0.05, 0.1) is 11.0 Å². The molecule has 1 N–H and O–H groups in total. The van der Waals surface area contributed by atoms with E-state index in [0.29, 0.717) is 5.75 Å². The Morgan fingerprint density at radius 3 is 2.50 bits per heavy atom. The zero-order chi connectivity index (χ0) is 12.2. The second-order valence-corrected chi connectivity index (χ2v) is 8.38. The Morgan fingerprint density at radius 1 is 1.19 bits per heavy atom. The number of nitrogens with one attached hydrogen (secondary N) is 1. The van der Waals surface area contributed by atoms with Gasteiger partial charge in [-0.25, -0.2) is 8.42 Å². The average Bonchev–Trinajstić information content (AvgIpc) is 2.42. The minimum absolute atomic E-state index is 0.107. The fourth-order valence-corrected chi connectivity index (χ4v) is 4.19. The summed E-state index contributed by atoms with van der Waals surface area (Å²) in [5, 5.41) is 3.15. The maximum atomic E-state index is 12.2. The Balaban J connectivity index is 2.55. The van der Waals surface area contributed by atoms with Crippen LogP contribution in [0.4, 0.5) is 0 Å². The highest BCUT2D eigenvalue weighted by molar-refractivity contribution is 7.92. The lowest BCUT2D eigenvalue weighted by Crippen LogP contribution is -2.27. The zero-order valence-electron chi connectivity index (χ0n) is 10.8. The molecule has 1 rings (SSSR count). The molecule has 0 aliphatic carbocycles. The first kappa shape index (κ1) is 14.0. The second kappa shape index (κ2) is 5.50. The molecule has 4 heteroatoms. The Labute approximate surface area is 99.9 Å². The molecule has 1 heterocycles. The lowest BCUT2D eigenvalue weighted by molar-refractivity contribution is 0.396. The summed E-state index contributed by atoms with van der Waals surface area (Å²) in [5.74, 6) is 0.348. The lowest BCUT2D eigenvalue weighted by Gasteiger charge is -2.20. The molecule has 1 aliphatic heterocycles. The quantitative estimate of drug-likeness (QED) is 0.829. The first-order chi connectivity index (χ1) is 7.31. The van der Waals surface area contributed by atoms with Gasteiger partial charge in [-0.15, -0.1) is 0 Å². The van der Waals surface area contributed by atoms with Crippen LogP contribution >= 0.6 is 0 Å². The van der Waals surface area contributed by atoms with E-state index in [1.165, 1.54) is 0 Å². The molecule has 0 radical (unpaired) electrons. The summed E-state index contributed by atoms with van der Waals surface area (Å²) in [4.78, 5) is 0. The van der Waals surface area contributed by atoms with Gasteiger partial charge in [0.1, 0.15) is 0 Å². The van der Waals surface area contributed by atoms with E-state index < -0.39 is 9.84 Å². The fraction of sp³-hybridized carbons (Fsp3) is 1.00. The first-order valence-electron chi connectivity index (χ1n) is 6.23. The summed E-state index contributed by atoms with van der Waals surface area (Å²) in [6.07, 6.45) is 3.37. The third kappa shape index (κ3) is 4.83. The van der Waals surface area contributed by atoms with Crippen LogP contribution in [0.3, 0.4) is 0 Å². The highest BCUT2D eigenvalue weighted by Gasteiger charge is 2.27. The average molecular weight is 247 g/mol. The van der Waals surface area contributed by atoms with Gasteiger partial charge >= 0.3 is 0 Å². The minimum Gasteiger partial charge on any atom is -0.317 e. The van der Waals surface area contributed by atoms with Crippen LogP contribution in [0.25, 0.3) is 0 Å². The van der Waals surface area contributed by atoms with E-state index in [1.807, 2.05) is 0 Å². The molecule has 0 aromatic carbocycles. The van der Waals surface area contributed by atoms with Crippen LogP contribution in [-0.2, 0) is 9.84 Å². The van der Waals surface area contributed by atoms with E-state index in [9.17, 15) is 8.42 Å². The van der Waals surface area contributed by atoms with Gasteiger partial charge in [-0.3, -0.25) is 0 Å². The van der Waals surface area contributed by atoms with Crippen LogP contribution in [0.15, 0.2) is 0 Å². The molecule has 0 saturated carbocycles. The Morgan fingerprint density at radius 2 is 1.88 bits per heavy atom. The van der Waals surface area contributed by atoms with Gasteiger partial charge in [-0.1, -0.05) is 20.8 Å². The Hall–Kier alpha value is -0.0900. The van der Waals surface area contributed by atoms with Crippen molar-refractivity contribution in [3.8, 4) is 0 Å². The van der Waals surface area contributed by atoms with E-state index in [-0.39, 0.29) is 10.7 Å². The van der Waals surface area contributed by atoms with E-state index in [0.717, 1.165) is 38.8 Å². The van der Waals surface area contributed by atoms with Gasteiger partial charge in [-0.2, -0.15) is 0 Å². The SMILES string of the molecule is CC(C)(C)CCS(=O)(=O)C1CCCNCC1. The molecular formula is C12H25NO2S. The minimum atomic E-state index is -2.88. The van der Waals surface area contributed by atoms with Crippen molar-refractivity contribution in [3.05, 3.63) is 0 Å². The summed E-state index contributed by atoms with van der Waals surface area (Å²) < 4.78 is 24.3. The van der Waals surface area contributed by atoms with Crippen LogP contribution in [0, 0.1) is 5.41 Å². The van der Waals surface area contributed by atoms with Gasteiger partial charge in [0.15, 0.2) is 9.84 Å². The van der Waals surface area contributed by atoms with E-state index in [1.54, 1.807) is 0 Å². The van der Waals surface area contributed by atoms with Gasteiger partial charge < -0.3 is 5.32 Å². The Bertz CT molecular complexity index is 295. The maximum Gasteiger partial charge on any atom is 0.153 e. The van der Waals surface area contributed by atoms with E-state index in [2.05, 4.69) is 26.1 Å². The molecule has 0 amide bonds. The molecule has 0 bridgehead atoms. The van der Waals surface area contributed by atoms with Crippen LogP contribution in [0.2, 0.25) is 0 Å². The molecule has 0 aromatic heterocycles. The van der Waals surface area contributed by atoms with Gasteiger partial charge in [-0.05, 0) is 44.2 Å². The monoisotopic (exact) mass is 247 g/mol. The number of rotatable bonds is 3. The van der Waals surface area contributed by atoms with Gasteiger partial charge in [0.2, 0.25) is 0 Å². The molecule has 0 spiro atoms. The third-order valence-electron chi connectivity index (χ3n) is 3.17. The van der Waals surface area contributed by atoms with Crippen LogP contribution in [-0.4, -0.2) is 32.5 Å². The third-order valence-corrected chi connectivity index (χ3v) is 5.43. The normalized spacial score (nSPS) is 24.1. The van der Waals surface area contributed by atoms with Crippen molar-refractivity contribution in [2.75, 3.05) is 18.8 Å². The number of sulfone groups is 1. The fourth-order valence-electron chi connectivity index (χ4n) is 1.96. The molecule has 96 valence electrons. The van der Waals surface area contributed by atoms with Crippen LogP contribution in [0.5, 0.6) is 0 Å². The summed E-state index contributed by atoms with van der Waals surface area (Å²) >= 11 is 0. The molecule has 1 saturated heterocycles. The highest BCUT2D eigenvalue weighted by atomic mass is 32.2. The summed E-state index contributed by atoms with van der Waals surface area (Å²) in [6, 6.07) is 0. The van der Waals surface area contributed by atoms with Crippen molar-refractivity contribution in [2.24, 2.45) is 5.41 Å². The zero-order valence-corrected chi connectivity index (χ0v) is 11.6. The summed E-state index contributed by atoms with van der Waals surface area (Å²) in [7, 11) is -2.88. The van der Waals surface area contributed by atoms with E-state index >= 15 is 0 Å². The first-order valence-corrected chi connectivity index (χ1v) is 7.95. The smallest absolute Gasteiger partial charge is 0.153 e.